The Hall–Kier alpha value is -0.300. The van der Waals surface area contributed by atoms with E-state index >= 15 is 0 Å². The van der Waals surface area contributed by atoms with Crippen molar-refractivity contribution in [2.75, 3.05) is 18.8 Å². The summed E-state index contributed by atoms with van der Waals surface area (Å²) in [5.41, 5.74) is 6.14. The van der Waals surface area contributed by atoms with Crippen molar-refractivity contribution in [2.24, 2.45) is 11.8 Å². The van der Waals surface area contributed by atoms with Crippen LogP contribution in [0.15, 0.2) is 21.5 Å². The normalized spacial score (nSPS) is 26.9. The molecule has 0 aromatic heterocycles. The van der Waals surface area contributed by atoms with Crippen molar-refractivity contribution < 1.29 is 8.42 Å². The molecule has 0 radical (unpaired) electrons. The van der Waals surface area contributed by atoms with E-state index in [2.05, 4.69) is 15.9 Å². The summed E-state index contributed by atoms with van der Waals surface area (Å²) in [6.45, 7) is 1.23. The minimum absolute atomic E-state index is 0.169. The Morgan fingerprint density at radius 3 is 2.45 bits per heavy atom. The number of rotatable bonds is 2. The molecule has 3 rings (SSSR count). The molecule has 1 saturated carbocycles. The van der Waals surface area contributed by atoms with Gasteiger partial charge in [-0.25, -0.2) is 8.42 Å². The van der Waals surface area contributed by atoms with Gasteiger partial charge in [0.25, 0.3) is 0 Å². The Morgan fingerprint density at radius 1 is 1.25 bits per heavy atom. The van der Waals surface area contributed by atoms with Gasteiger partial charge < -0.3 is 5.73 Å². The molecule has 1 aromatic carbocycles. The van der Waals surface area contributed by atoms with Crippen molar-refractivity contribution in [1.82, 2.24) is 4.31 Å². The Bertz CT molecular complexity index is 638. The third-order valence-electron chi connectivity index (χ3n) is 4.34. The highest BCUT2D eigenvalue weighted by Crippen LogP contribution is 2.41. The van der Waals surface area contributed by atoms with E-state index in [1.54, 1.807) is 10.4 Å². The molecule has 2 N–H and O–H groups in total. The van der Waals surface area contributed by atoms with E-state index in [1.165, 1.54) is 12.5 Å². The number of benzene rings is 1. The molecule has 1 aliphatic heterocycles. The molecule has 2 aliphatic rings. The fourth-order valence-electron chi connectivity index (χ4n) is 3.30. The second-order valence-corrected chi connectivity index (χ2v) is 8.72. The summed E-state index contributed by atoms with van der Waals surface area (Å²) >= 11 is 9.22. The summed E-state index contributed by atoms with van der Waals surface area (Å²) in [7, 11) is -3.53. The number of halogens is 2. The maximum atomic E-state index is 12.8. The summed E-state index contributed by atoms with van der Waals surface area (Å²) in [5, 5.41) is 0.337. The van der Waals surface area contributed by atoms with Crippen LogP contribution < -0.4 is 5.73 Å². The number of sulfonamides is 1. The molecule has 1 aromatic rings. The minimum atomic E-state index is -3.53. The first kappa shape index (κ1) is 14.6. The number of nitrogen functional groups attached to an aromatic ring is 1. The molecule has 0 amide bonds. The second-order valence-electron chi connectivity index (χ2n) is 5.58. The number of hydrogen-bond acceptors (Lipinski definition) is 3. The van der Waals surface area contributed by atoms with Crippen molar-refractivity contribution in [3.63, 3.8) is 0 Å². The lowest BCUT2D eigenvalue weighted by atomic mass is 10.0. The van der Waals surface area contributed by atoms with Gasteiger partial charge in [-0.3, -0.25) is 0 Å². The molecule has 20 heavy (non-hydrogen) atoms. The first-order chi connectivity index (χ1) is 9.39. The van der Waals surface area contributed by atoms with E-state index in [1.807, 2.05) is 0 Å². The largest absolute Gasteiger partial charge is 0.398 e. The fraction of sp³-hybridized carbons (Fsp3) is 0.538. The maximum Gasteiger partial charge on any atom is 0.244 e. The quantitative estimate of drug-likeness (QED) is 0.803. The van der Waals surface area contributed by atoms with E-state index < -0.39 is 10.0 Å². The number of nitrogens with two attached hydrogens (primary N) is 1. The highest BCUT2D eigenvalue weighted by Gasteiger charge is 2.42. The van der Waals surface area contributed by atoms with E-state index in [0.717, 1.165) is 12.8 Å². The molecule has 1 aliphatic carbocycles. The molecule has 110 valence electrons. The van der Waals surface area contributed by atoms with Crippen molar-refractivity contribution in [1.29, 1.82) is 0 Å². The predicted octanol–water partition coefficient (Wildman–Crippen LogP) is 3.11. The smallest absolute Gasteiger partial charge is 0.244 e. The summed E-state index contributed by atoms with van der Waals surface area (Å²) in [6.07, 6.45) is 3.49. The number of nitrogens with zero attached hydrogens (tertiary/aromatic N) is 1. The van der Waals surface area contributed by atoms with Gasteiger partial charge in [-0.2, -0.15) is 4.31 Å². The first-order valence-corrected chi connectivity index (χ1v) is 9.25. The zero-order chi connectivity index (χ0) is 14.5. The van der Waals surface area contributed by atoms with E-state index in [-0.39, 0.29) is 4.90 Å². The van der Waals surface area contributed by atoms with Gasteiger partial charge in [0.15, 0.2) is 0 Å². The van der Waals surface area contributed by atoms with E-state index in [0.29, 0.717) is 40.1 Å². The molecule has 2 atom stereocenters. The van der Waals surface area contributed by atoms with Gasteiger partial charge in [-0.05, 0) is 52.7 Å². The zero-order valence-electron chi connectivity index (χ0n) is 10.9. The molecule has 1 saturated heterocycles. The molecule has 2 fully saturated rings. The van der Waals surface area contributed by atoms with E-state index in [4.69, 9.17) is 17.3 Å². The van der Waals surface area contributed by atoms with Crippen LogP contribution in [0.2, 0.25) is 5.02 Å². The fourth-order valence-corrected chi connectivity index (χ4v) is 6.11. The first-order valence-electron chi connectivity index (χ1n) is 6.64. The topological polar surface area (TPSA) is 63.4 Å². The second kappa shape index (κ2) is 5.16. The monoisotopic (exact) mass is 378 g/mol. The van der Waals surface area contributed by atoms with Gasteiger partial charge in [-0.1, -0.05) is 18.0 Å². The van der Waals surface area contributed by atoms with Gasteiger partial charge in [0.05, 0.1) is 9.37 Å². The van der Waals surface area contributed by atoms with Gasteiger partial charge in [0.1, 0.15) is 0 Å². The lowest BCUT2D eigenvalue weighted by molar-refractivity contribution is 0.445. The summed E-state index contributed by atoms with van der Waals surface area (Å²) in [6, 6.07) is 3.01. The van der Waals surface area contributed by atoms with E-state index in [9.17, 15) is 8.42 Å². The van der Waals surface area contributed by atoms with Crippen LogP contribution in [0.4, 0.5) is 5.69 Å². The summed E-state index contributed by atoms with van der Waals surface area (Å²) in [4.78, 5) is 0.169. The predicted molar refractivity (Wildman–Crippen MR) is 83.2 cm³/mol. The Labute approximate surface area is 132 Å². The average Bonchev–Trinajstić information content (AvgIpc) is 2.94. The zero-order valence-corrected chi connectivity index (χ0v) is 14.0. The van der Waals surface area contributed by atoms with Crippen molar-refractivity contribution in [3.05, 3.63) is 21.6 Å². The highest BCUT2D eigenvalue weighted by molar-refractivity contribution is 9.10. The SMILES string of the molecule is Nc1cc(Cl)cc(S(=O)(=O)N2CC3CCCC3C2)c1Br. The number of hydrogen-bond donors (Lipinski definition) is 1. The number of anilines is 1. The van der Waals surface area contributed by atoms with Crippen LogP contribution in [-0.4, -0.2) is 25.8 Å². The Morgan fingerprint density at radius 2 is 1.85 bits per heavy atom. The summed E-state index contributed by atoms with van der Waals surface area (Å²) < 4.78 is 27.5. The third kappa shape index (κ3) is 2.36. The van der Waals surface area contributed by atoms with Crippen LogP contribution in [0.25, 0.3) is 0 Å². The molecule has 1 heterocycles. The Kier molecular flexibility index (Phi) is 3.77. The maximum absolute atomic E-state index is 12.8. The van der Waals surface area contributed by atoms with Crippen LogP contribution in [0.3, 0.4) is 0 Å². The van der Waals surface area contributed by atoms with Gasteiger partial charge in [0.2, 0.25) is 10.0 Å². The van der Waals surface area contributed by atoms with Crippen molar-refractivity contribution >= 4 is 43.2 Å². The van der Waals surface area contributed by atoms with Crippen LogP contribution in [0.5, 0.6) is 0 Å². The van der Waals surface area contributed by atoms with Crippen molar-refractivity contribution in [3.8, 4) is 0 Å². The molecular formula is C13H16BrClN2O2S. The van der Waals surface area contributed by atoms with Gasteiger partial charge >= 0.3 is 0 Å². The summed E-state index contributed by atoms with van der Waals surface area (Å²) in [5.74, 6) is 1.03. The number of fused-ring (bicyclic) bond motifs is 1. The third-order valence-corrected chi connectivity index (χ3v) is 7.56. The lowest BCUT2D eigenvalue weighted by Crippen LogP contribution is -2.30. The molecule has 4 nitrogen and oxygen atoms in total. The molecule has 2 unspecified atom stereocenters. The van der Waals surface area contributed by atoms with Crippen LogP contribution in [0.1, 0.15) is 19.3 Å². The molecular weight excluding hydrogens is 364 g/mol. The van der Waals surface area contributed by atoms with Crippen molar-refractivity contribution in [2.45, 2.75) is 24.2 Å². The van der Waals surface area contributed by atoms with Gasteiger partial charge in [-0.15, -0.1) is 0 Å². The van der Waals surface area contributed by atoms with Gasteiger partial charge in [0, 0.05) is 23.8 Å². The molecule has 0 spiro atoms. The minimum Gasteiger partial charge on any atom is -0.398 e. The lowest BCUT2D eigenvalue weighted by Gasteiger charge is -2.19. The van der Waals surface area contributed by atoms with Crippen LogP contribution in [0, 0.1) is 11.8 Å². The van der Waals surface area contributed by atoms with Crippen LogP contribution >= 0.6 is 27.5 Å². The molecule has 0 bridgehead atoms. The molecule has 7 heteroatoms. The standard InChI is InChI=1S/C13H16BrClN2O2S/c14-13-11(16)4-10(15)5-12(13)20(18,19)17-6-8-2-1-3-9(8)7-17/h4-5,8-9H,1-3,6-7,16H2. The Balaban J connectivity index is 1.97. The van der Waals surface area contributed by atoms with Crippen LogP contribution in [-0.2, 0) is 10.0 Å². The average molecular weight is 380 g/mol. The highest BCUT2D eigenvalue weighted by atomic mass is 79.9.